The van der Waals surface area contributed by atoms with Crippen molar-refractivity contribution in [2.24, 2.45) is 0 Å². The number of anilines is 2. The molecule has 0 radical (unpaired) electrons. The first kappa shape index (κ1) is 18.0. The molecule has 3 aromatic carbocycles. The maximum atomic E-state index is 12.4. The van der Waals surface area contributed by atoms with Crippen molar-refractivity contribution in [1.29, 1.82) is 0 Å². The molecule has 0 unspecified atom stereocenters. The fourth-order valence-electron chi connectivity index (χ4n) is 2.32. The van der Waals surface area contributed by atoms with Gasteiger partial charge in [-0.2, -0.15) is 0 Å². The molecule has 0 aliphatic rings. The summed E-state index contributed by atoms with van der Waals surface area (Å²) in [5.41, 5.74) is 1.12. The molecule has 1 amide bonds. The zero-order valence-electron chi connectivity index (χ0n) is 13.5. The molecule has 0 spiro atoms. The van der Waals surface area contributed by atoms with E-state index < -0.39 is 10.0 Å². The van der Waals surface area contributed by atoms with Crippen molar-refractivity contribution in [2.45, 2.75) is 4.90 Å². The van der Waals surface area contributed by atoms with Gasteiger partial charge in [0.2, 0.25) is 0 Å². The summed E-state index contributed by atoms with van der Waals surface area (Å²) in [7, 11) is -3.70. The summed E-state index contributed by atoms with van der Waals surface area (Å²) in [5, 5.41) is 3.05. The van der Waals surface area contributed by atoms with Gasteiger partial charge in [-0.25, -0.2) is 8.42 Å². The number of carbonyl (C=O) groups excluding carboxylic acids is 1. The summed E-state index contributed by atoms with van der Waals surface area (Å²) in [6.45, 7) is 0. The van der Waals surface area contributed by atoms with E-state index in [9.17, 15) is 13.2 Å². The summed E-state index contributed by atoms with van der Waals surface area (Å²) in [6, 6.07) is 21.2. The van der Waals surface area contributed by atoms with Crippen molar-refractivity contribution in [1.82, 2.24) is 0 Å². The number of sulfonamides is 1. The van der Waals surface area contributed by atoms with Gasteiger partial charge in [0, 0.05) is 5.69 Å². The zero-order chi connectivity index (χ0) is 18.6. The maximum Gasteiger partial charge on any atom is 0.261 e. The number of benzene rings is 3. The Morgan fingerprint density at radius 3 is 2.19 bits per heavy atom. The van der Waals surface area contributed by atoms with Gasteiger partial charge in [0.25, 0.3) is 15.9 Å². The van der Waals surface area contributed by atoms with E-state index in [1.807, 2.05) is 0 Å². The Kier molecular flexibility index (Phi) is 5.25. The number of hydrogen-bond acceptors (Lipinski definition) is 3. The predicted molar refractivity (Wildman–Crippen MR) is 103 cm³/mol. The number of nitrogens with one attached hydrogen (secondary N) is 2. The van der Waals surface area contributed by atoms with Crippen molar-refractivity contribution in [3.63, 3.8) is 0 Å². The normalized spacial score (nSPS) is 11.0. The van der Waals surface area contributed by atoms with Crippen LogP contribution in [0.5, 0.6) is 0 Å². The van der Waals surface area contributed by atoms with Crippen LogP contribution in [0.3, 0.4) is 0 Å². The first-order valence-corrected chi connectivity index (χ1v) is 9.56. The van der Waals surface area contributed by atoms with E-state index >= 15 is 0 Å². The highest BCUT2D eigenvalue weighted by Gasteiger charge is 2.14. The van der Waals surface area contributed by atoms with Crippen molar-refractivity contribution in [3.05, 3.63) is 89.4 Å². The van der Waals surface area contributed by atoms with E-state index in [1.165, 1.54) is 18.2 Å². The number of carbonyl (C=O) groups is 1. The van der Waals surface area contributed by atoms with Crippen molar-refractivity contribution < 1.29 is 13.2 Å². The van der Waals surface area contributed by atoms with Crippen LogP contribution in [0, 0.1) is 0 Å². The van der Waals surface area contributed by atoms with E-state index in [1.54, 1.807) is 60.7 Å². The molecule has 7 heteroatoms. The fourth-order valence-corrected chi connectivity index (χ4v) is 3.61. The number of hydrogen-bond donors (Lipinski definition) is 2. The van der Waals surface area contributed by atoms with Crippen LogP contribution < -0.4 is 10.0 Å². The average Bonchev–Trinajstić information content (AvgIpc) is 2.63. The summed E-state index contributed by atoms with van der Waals surface area (Å²) in [6.07, 6.45) is 0. The third-order valence-electron chi connectivity index (χ3n) is 3.54. The minimum Gasteiger partial charge on any atom is -0.322 e. The molecule has 0 fully saturated rings. The van der Waals surface area contributed by atoms with Crippen LogP contribution in [0.25, 0.3) is 0 Å². The molecule has 5 nitrogen and oxygen atoms in total. The predicted octanol–water partition coefficient (Wildman–Crippen LogP) is 4.39. The van der Waals surface area contributed by atoms with Crippen molar-refractivity contribution >= 4 is 38.9 Å². The first-order valence-electron chi connectivity index (χ1n) is 7.69. The molecule has 0 saturated carbocycles. The van der Waals surface area contributed by atoms with E-state index in [4.69, 9.17) is 11.6 Å². The lowest BCUT2D eigenvalue weighted by molar-refractivity contribution is 0.102. The number of rotatable bonds is 5. The van der Waals surface area contributed by atoms with Crippen LogP contribution in [0.4, 0.5) is 11.4 Å². The van der Waals surface area contributed by atoms with Gasteiger partial charge in [0.15, 0.2) is 0 Å². The third-order valence-corrected chi connectivity index (χ3v) is 5.27. The van der Waals surface area contributed by atoms with Gasteiger partial charge in [0.05, 0.1) is 21.2 Å². The average molecular weight is 387 g/mol. The van der Waals surface area contributed by atoms with Gasteiger partial charge in [0.1, 0.15) is 0 Å². The monoisotopic (exact) mass is 386 g/mol. The van der Waals surface area contributed by atoms with Crippen molar-refractivity contribution in [3.8, 4) is 0 Å². The molecule has 0 saturated heterocycles. The Hall–Kier alpha value is -2.83. The van der Waals surface area contributed by atoms with Gasteiger partial charge in [-0.05, 0) is 42.5 Å². The molecule has 0 heterocycles. The Bertz CT molecular complexity index is 1040. The highest BCUT2D eigenvalue weighted by Crippen LogP contribution is 2.21. The van der Waals surface area contributed by atoms with Crippen LogP contribution in [0.2, 0.25) is 5.02 Å². The molecule has 0 bridgehead atoms. The second-order valence-corrected chi connectivity index (χ2v) is 7.52. The van der Waals surface area contributed by atoms with Gasteiger partial charge in [-0.15, -0.1) is 0 Å². The Morgan fingerprint density at radius 2 is 1.46 bits per heavy atom. The molecule has 0 aliphatic carbocycles. The summed E-state index contributed by atoms with van der Waals surface area (Å²) in [4.78, 5) is 12.5. The quantitative estimate of drug-likeness (QED) is 0.682. The van der Waals surface area contributed by atoms with Crippen LogP contribution >= 0.6 is 11.6 Å². The summed E-state index contributed by atoms with van der Waals surface area (Å²) in [5.74, 6) is -0.376. The summed E-state index contributed by atoms with van der Waals surface area (Å²) < 4.78 is 27.3. The van der Waals surface area contributed by atoms with Crippen LogP contribution in [0.1, 0.15) is 10.4 Å². The van der Waals surface area contributed by atoms with Crippen LogP contribution in [0.15, 0.2) is 83.8 Å². The first-order chi connectivity index (χ1) is 12.5. The van der Waals surface area contributed by atoms with Gasteiger partial charge < -0.3 is 5.32 Å². The Labute approximate surface area is 156 Å². The molecule has 3 aromatic rings. The maximum absolute atomic E-state index is 12.4. The fraction of sp³-hybridized carbons (Fsp3) is 0. The van der Waals surface area contributed by atoms with Gasteiger partial charge in [-0.1, -0.05) is 48.0 Å². The second-order valence-electron chi connectivity index (χ2n) is 5.43. The third kappa shape index (κ3) is 4.22. The Morgan fingerprint density at radius 1 is 0.808 bits per heavy atom. The highest BCUT2D eigenvalue weighted by molar-refractivity contribution is 7.92. The number of amides is 1. The Balaban J connectivity index is 1.79. The molecule has 3 rings (SSSR count). The van der Waals surface area contributed by atoms with E-state index in [2.05, 4.69) is 10.0 Å². The smallest absolute Gasteiger partial charge is 0.261 e. The highest BCUT2D eigenvalue weighted by atomic mass is 35.5. The molecule has 0 aromatic heterocycles. The minimum absolute atomic E-state index is 0.158. The van der Waals surface area contributed by atoms with Crippen LogP contribution in [-0.2, 0) is 10.0 Å². The van der Waals surface area contributed by atoms with Crippen LogP contribution in [-0.4, -0.2) is 14.3 Å². The lowest BCUT2D eigenvalue weighted by Crippen LogP contribution is -2.14. The van der Waals surface area contributed by atoms with Crippen molar-refractivity contribution in [2.75, 3.05) is 10.0 Å². The standard InChI is InChI=1S/C19H15ClN2O3S/c20-18-12-5-4-11-17(18)19(23)21-14-7-6-8-15(13-14)22-26(24,25)16-9-2-1-3-10-16/h1-13,22H,(H,21,23). The largest absolute Gasteiger partial charge is 0.322 e. The molecule has 0 atom stereocenters. The van der Waals surface area contributed by atoms with E-state index in [-0.39, 0.29) is 10.8 Å². The van der Waals surface area contributed by atoms with E-state index in [0.717, 1.165) is 0 Å². The lowest BCUT2D eigenvalue weighted by atomic mass is 10.2. The molecular formula is C19H15ClN2O3S. The molecule has 132 valence electrons. The summed E-state index contributed by atoms with van der Waals surface area (Å²) >= 11 is 6.02. The minimum atomic E-state index is -3.70. The van der Waals surface area contributed by atoms with Gasteiger partial charge >= 0.3 is 0 Å². The number of halogens is 1. The lowest BCUT2D eigenvalue weighted by Gasteiger charge is -2.11. The topological polar surface area (TPSA) is 75.3 Å². The molecule has 26 heavy (non-hydrogen) atoms. The SMILES string of the molecule is O=C(Nc1cccc(NS(=O)(=O)c2ccccc2)c1)c1ccccc1Cl. The molecule has 2 N–H and O–H groups in total. The van der Waals surface area contributed by atoms with E-state index in [0.29, 0.717) is 22.0 Å². The zero-order valence-corrected chi connectivity index (χ0v) is 15.1. The molecule has 0 aliphatic heterocycles. The van der Waals surface area contributed by atoms with Gasteiger partial charge in [-0.3, -0.25) is 9.52 Å². The second kappa shape index (κ2) is 7.59. The molecular weight excluding hydrogens is 372 g/mol.